The largest absolute Gasteiger partial charge is 0.305 e. The SMILES string of the molecule is CC(C)c1ccc(-c2ccnc(-c3[c-]cccc3)c2)cc1.CCc1cc(-c2[c-]cccc2)ncc1[Si](C)(C)C.[Ir]. The van der Waals surface area contributed by atoms with Gasteiger partial charge in [0.15, 0.2) is 0 Å². The third-order valence-corrected chi connectivity index (χ3v) is 8.89. The van der Waals surface area contributed by atoms with E-state index in [2.05, 4.69) is 117 Å². The molecule has 5 rings (SSSR count). The molecule has 0 saturated carbocycles. The minimum Gasteiger partial charge on any atom is -0.305 e. The van der Waals surface area contributed by atoms with E-state index in [1.807, 2.05) is 48.7 Å². The maximum absolute atomic E-state index is 4.63. The van der Waals surface area contributed by atoms with E-state index < -0.39 is 8.07 Å². The summed E-state index contributed by atoms with van der Waals surface area (Å²) in [7, 11) is -1.30. The van der Waals surface area contributed by atoms with Crippen LogP contribution in [-0.4, -0.2) is 18.0 Å². The Balaban J connectivity index is 0.000000218. The topological polar surface area (TPSA) is 25.8 Å². The molecule has 0 unspecified atom stereocenters. The molecule has 0 saturated heterocycles. The van der Waals surface area contributed by atoms with E-state index in [0.29, 0.717) is 5.92 Å². The van der Waals surface area contributed by atoms with Crippen LogP contribution in [0.3, 0.4) is 0 Å². The molecule has 0 aliphatic carbocycles. The van der Waals surface area contributed by atoms with Gasteiger partial charge in [-0.15, -0.1) is 71.8 Å². The summed E-state index contributed by atoms with van der Waals surface area (Å²) in [4.78, 5) is 9.08. The third kappa shape index (κ3) is 8.17. The first-order valence-corrected chi connectivity index (χ1v) is 17.3. The second-order valence-electron chi connectivity index (χ2n) is 11.1. The van der Waals surface area contributed by atoms with Crippen LogP contribution in [0.1, 0.15) is 37.8 Å². The first kappa shape index (κ1) is 31.4. The van der Waals surface area contributed by atoms with Crippen molar-refractivity contribution in [2.45, 2.75) is 52.8 Å². The Morgan fingerprint density at radius 3 is 1.82 bits per heavy atom. The fraction of sp³-hybridized carbons (Fsp3) is 0.222. The van der Waals surface area contributed by atoms with Gasteiger partial charge in [0.1, 0.15) is 0 Å². The van der Waals surface area contributed by atoms with Gasteiger partial charge in [0.2, 0.25) is 0 Å². The van der Waals surface area contributed by atoms with Crippen LogP contribution in [0, 0.1) is 12.1 Å². The number of benzene rings is 3. The van der Waals surface area contributed by atoms with Crippen LogP contribution >= 0.6 is 0 Å². The van der Waals surface area contributed by atoms with Crippen LogP contribution in [0.5, 0.6) is 0 Å². The Hall–Kier alpha value is -3.17. The summed E-state index contributed by atoms with van der Waals surface area (Å²) >= 11 is 0. The van der Waals surface area contributed by atoms with E-state index in [1.165, 1.54) is 27.4 Å². The Morgan fingerprint density at radius 2 is 1.32 bits per heavy atom. The van der Waals surface area contributed by atoms with E-state index in [9.17, 15) is 0 Å². The van der Waals surface area contributed by atoms with Crippen molar-refractivity contribution in [1.82, 2.24) is 9.97 Å². The second kappa shape index (κ2) is 14.5. The Kier molecular flexibility index (Phi) is 11.3. The van der Waals surface area contributed by atoms with E-state index in [4.69, 9.17) is 0 Å². The Bertz CT molecular complexity index is 1480. The maximum Gasteiger partial charge on any atom is 0.0798 e. The molecule has 0 atom stereocenters. The monoisotopic (exact) mass is 719 g/mol. The normalized spacial score (nSPS) is 10.9. The molecule has 40 heavy (non-hydrogen) atoms. The number of aryl methyl sites for hydroxylation is 1. The number of hydrogen-bond donors (Lipinski definition) is 0. The first-order chi connectivity index (χ1) is 18.8. The van der Waals surface area contributed by atoms with Crippen LogP contribution in [0.2, 0.25) is 19.6 Å². The average Bonchev–Trinajstić information content (AvgIpc) is 2.97. The van der Waals surface area contributed by atoms with Gasteiger partial charge in [0.05, 0.1) is 8.07 Å². The zero-order valence-electron chi connectivity index (χ0n) is 24.3. The van der Waals surface area contributed by atoms with E-state index >= 15 is 0 Å². The van der Waals surface area contributed by atoms with Crippen molar-refractivity contribution in [1.29, 1.82) is 0 Å². The van der Waals surface area contributed by atoms with Gasteiger partial charge >= 0.3 is 0 Å². The number of nitrogens with zero attached hydrogens (tertiary/aromatic N) is 2. The van der Waals surface area contributed by atoms with E-state index in [0.717, 1.165) is 28.9 Å². The predicted octanol–water partition coefficient (Wildman–Crippen LogP) is 8.99. The Labute approximate surface area is 255 Å². The molecule has 2 heterocycles. The number of pyridine rings is 2. The first-order valence-electron chi connectivity index (χ1n) is 13.8. The van der Waals surface area contributed by atoms with Crippen molar-refractivity contribution >= 4 is 13.3 Å². The van der Waals surface area contributed by atoms with Crippen LogP contribution in [0.25, 0.3) is 33.6 Å². The van der Waals surface area contributed by atoms with Crippen LogP contribution in [0.4, 0.5) is 0 Å². The van der Waals surface area contributed by atoms with Crippen molar-refractivity contribution < 1.29 is 20.1 Å². The standard InChI is InChI=1S/C20H18N.C16H20NSi.Ir/c1-15(2)16-8-10-17(11-9-16)19-12-13-21-20(14-19)18-6-4-3-5-7-18;1-5-13-11-15(14-9-7-6-8-10-14)17-12-16(13)18(2,3)4;/h3-6,8-15H,1-2H3;6-9,11-12H,5H2,1-4H3;/q2*-1;. The van der Waals surface area contributed by atoms with Crippen molar-refractivity contribution in [2.24, 2.45) is 0 Å². The fourth-order valence-corrected chi connectivity index (χ4v) is 6.20. The van der Waals surface area contributed by atoms with Gasteiger partial charge in [-0.05, 0) is 51.7 Å². The van der Waals surface area contributed by atoms with E-state index in [-0.39, 0.29) is 20.1 Å². The fourth-order valence-electron chi connectivity index (χ4n) is 4.54. The minimum atomic E-state index is -1.30. The zero-order chi connectivity index (χ0) is 27.8. The van der Waals surface area contributed by atoms with Crippen molar-refractivity contribution in [3.05, 3.63) is 127 Å². The van der Waals surface area contributed by atoms with Gasteiger partial charge in [-0.25, -0.2) is 0 Å². The van der Waals surface area contributed by atoms with Gasteiger partial charge < -0.3 is 9.97 Å². The molecular weight excluding hydrogens is 681 g/mol. The number of hydrogen-bond acceptors (Lipinski definition) is 2. The molecule has 0 amide bonds. The van der Waals surface area contributed by atoms with Gasteiger partial charge in [-0.2, -0.15) is 0 Å². The molecule has 0 bridgehead atoms. The molecule has 0 fully saturated rings. The molecular formula is C36H38IrN2Si-2. The number of rotatable bonds is 6. The summed E-state index contributed by atoms with van der Waals surface area (Å²) in [6.45, 7) is 13.8. The summed E-state index contributed by atoms with van der Waals surface area (Å²) < 4.78 is 0. The average molecular weight is 719 g/mol. The molecule has 0 N–H and O–H groups in total. The smallest absolute Gasteiger partial charge is 0.0798 e. The molecule has 4 heteroatoms. The molecule has 0 aliphatic rings. The molecule has 3 aromatic carbocycles. The van der Waals surface area contributed by atoms with E-state index in [1.54, 1.807) is 0 Å². The van der Waals surface area contributed by atoms with Crippen molar-refractivity contribution in [3.63, 3.8) is 0 Å². The van der Waals surface area contributed by atoms with Crippen molar-refractivity contribution in [3.8, 4) is 33.6 Å². The van der Waals surface area contributed by atoms with Crippen LogP contribution in [0.15, 0.2) is 103 Å². The van der Waals surface area contributed by atoms with Gasteiger partial charge in [0, 0.05) is 32.5 Å². The molecule has 0 spiro atoms. The van der Waals surface area contributed by atoms with Crippen LogP contribution < -0.4 is 5.19 Å². The quantitative estimate of drug-likeness (QED) is 0.129. The molecule has 0 aliphatic heterocycles. The second-order valence-corrected chi connectivity index (χ2v) is 16.1. The zero-order valence-corrected chi connectivity index (χ0v) is 27.7. The molecule has 2 nitrogen and oxygen atoms in total. The Morgan fingerprint density at radius 1 is 0.725 bits per heavy atom. The van der Waals surface area contributed by atoms with Crippen molar-refractivity contribution in [2.75, 3.05) is 0 Å². The van der Waals surface area contributed by atoms with Gasteiger partial charge in [0.25, 0.3) is 0 Å². The van der Waals surface area contributed by atoms with Gasteiger partial charge in [-0.3, -0.25) is 0 Å². The molecule has 207 valence electrons. The maximum atomic E-state index is 4.63. The summed E-state index contributed by atoms with van der Waals surface area (Å²) in [6, 6.07) is 37.6. The molecule has 2 aromatic heterocycles. The molecule has 5 aromatic rings. The van der Waals surface area contributed by atoms with Gasteiger partial charge in [-0.1, -0.05) is 82.4 Å². The minimum absolute atomic E-state index is 0. The third-order valence-electron chi connectivity index (χ3n) is 6.82. The predicted molar refractivity (Wildman–Crippen MR) is 169 cm³/mol. The number of aromatic nitrogens is 2. The molecule has 1 radical (unpaired) electrons. The summed E-state index contributed by atoms with van der Waals surface area (Å²) in [5.41, 5.74) is 9.32. The summed E-state index contributed by atoms with van der Waals surface area (Å²) in [5, 5.41) is 1.48. The summed E-state index contributed by atoms with van der Waals surface area (Å²) in [5.74, 6) is 0.561. The summed E-state index contributed by atoms with van der Waals surface area (Å²) in [6.07, 6.45) is 5.02. The van der Waals surface area contributed by atoms with Crippen LogP contribution in [-0.2, 0) is 26.5 Å².